The predicted molar refractivity (Wildman–Crippen MR) is 81.1 cm³/mol. The van der Waals surface area contributed by atoms with Gasteiger partial charge in [0.25, 0.3) is 5.91 Å². The highest BCUT2D eigenvalue weighted by Crippen LogP contribution is 2.30. The van der Waals surface area contributed by atoms with Gasteiger partial charge in [-0.1, -0.05) is 12.1 Å². The number of hydrogen-bond donors (Lipinski definition) is 2. The van der Waals surface area contributed by atoms with Crippen LogP contribution in [0.25, 0.3) is 0 Å². The number of benzene rings is 1. The van der Waals surface area contributed by atoms with Crippen molar-refractivity contribution in [1.29, 1.82) is 0 Å². The number of rotatable bonds is 6. The van der Waals surface area contributed by atoms with Gasteiger partial charge in [0.2, 0.25) is 0 Å². The van der Waals surface area contributed by atoms with Gasteiger partial charge in [-0.05, 0) is 24.3 Å². The van der Waals surface area contributed by atoms with E-state index in [2.05, 4.69) is 10.3 Å². The molecule has 1 unspecified atom stereocenters. The van der Waals surface area contributed by atoms with Crippen LogP contribution in [0.15, 0.2) is 42.6 Å². The maximum atomic E-state index is 12.3. The summed E-state index contributed by atoms with van der Waals surface area (Å²) in [6.07, 6.45) is 0.715. The molecule has 1 heterocycles. The molecule has 2 rings (SSSR count). The first kappa shape index (κ1) is 15.8. The van der Waals surface area contributed by atoms with Crippen LogP contribution in [0.1, 0.15) is 22.2 Å². The molecule has 0 bridgehead atoms. The second kappa shape index (κ2) is 7.42. The zero-order valence-electron chi connectivity index (χ0n) is 12.4. The van der Waals surface area contributed by atoms with Crippen LogP contribution < -0.4 is 14.8 Å². The summed E-state index contributed by atoms with van der Waals surface area (Å²) >= 11 is 0. The van der Waals surface area contributed by atoms with Gasteiger partial charge >= 0.3 is 0 Å². The summed E-state index contributed by atoms with van der Waals surface area (Å²) in [5.41, 5.74) is 0.843. The molecule has 0 spiro atoms. The number of carbonyl (C=O) groups excluding carboxylic acids is 1. The highest BCUT2D eigenvalue weighted by molar-refractivity contribution is 5.97. The van der Waals surface area contributed by atoms with Crippen LogP contribution in [-0.2, 0) is 0 Å². The van der Waals surface area contributed by atoms with Crippen LogP contribution in [0.5, 0.6) is 11.5 Å². The summed E-state index contributed by atoms with van der Waals surface area (Å²) in [5, 5.41) is 12.7. The lowest BCUT2D eigenvalue weighted by atomic mass is 10.1. The molecule has 1 atom stereocenters. The Morgan fingerprint density at radius 3 is 2.68 bits per heavy atom. The molecule has 1 amide bonds. The molecule has 2 N–H and O–H groups in total. The standard InChI is InChI=1S/C16H18N2O4/c1-21-14-8-5-6-11(15(14)22-2)16(20)18-10-13(19)12-7-3-4-9-17-12/h3-9,13,19H,10H2,1-2H3,(H,18,20). The fraction of sp³-hybridized carbons (Fsp3) is 0.250. The number of methoxy groups -OCH3 is 2. The Hall–Kier alpha value is -2.60. The van der Waals surface area contributed by atoms with Crippen LogP contribution in [0, 0.1) is 0 Å². The maximum Gasteiger partial charge on any atom is 0.255 e. The van der Waals surface area contributed by atoms with Crippen molar-refractivity contribution in [3.8, 4) is 11.5 Å². The molecule has 1 aromatic heterocycles. The van der Waals surface area contributed by atoms with Crippen molar-refractivity contribution in [3.63, 3.8) is 0 Å². The van der Waals surface area contributed by atoms with Crippen molar-refractivity contribution in [2.24, 2.45) is 0 Å². The minimum absolute atomic E-state index is 0.0518. The van der Waals surface area contributed by atoms with Gasteiger partial charge < -0.3 is 19.9 Å². The molecule has 0 saturated carbocycles. The summed E-state index contributed by atoms with van der Waals surface area (Å²) in [6, 6.07) is 10.3. The number of hydrogen-bond acceptors (Lipinski definition) is 5. The van der Waals surface area contributed by atoms with Crippen molar-refractivity contribution in [3.05, 3.63) is 53.9 Å². The lowest BCUT2D eigenvalue weighted by molar-refractivity contribution is 0.0910. The van der Waals surface area contributed by atoms with Gasteiger partial charge in [0.1, 0.15) is 6.10 Å². The lowest BCUT2D eigenvalue weighted by Crippen LogP contribution is -2.29. The Balaban J connectivity index is 2.07. The highest BCUT2D eigenvalue weighted by Gasteiger charge is 2.17. The topological polar surface area (TPSA) is 80.7 Å². The number of aromatic nitrogens is 1. The Bertz CT molecular complexity index is 631. The van der Waals surface area contributed by atoms with E-state index in [1.807, 2.05) is 0 Å². The summed E-state index contributed by atoms with van der Waals surface area (Å²) in [6.45, 7) is 0.0518. The van der Waals surface area contributed by atoms with Crippen LogP contribution in [0.2, 0.25) is 0 Å². The van der Waals surface area contributed by atoms with Crippen molar-refractivity contribution in [1.82, 2.24) is 10.3 Å². The third-order valence-corrected chi connectivity index (χ3v) is 3.13. The molecule has 0 aliphatic heterocycles. The van der Waals surface area contributed by atoms with Crippen LogP contribution in [-0.4, -0.2) is 36.8 Å². The number of nitrogens with one attached hydrogen (secondary N) is 1. The minimum Gasteiger partial charge on any atom is -0.493 e. The first-order valence-corrected chi connectivity index (χ1v) is 6.75. The van der Waals surface area contributed by atoms with E-state index in [1.54, 1.807) is 42.6 Å². The summed E-state index contributed by atoms with van der Waals surface area (Å²) in [5.74, 6) is 0.473. The molecule has 0 radical (unpaired) electrons. The second-order valence-corrected chi connectivity index (χ2v) is 4.52. The molecule has 0 aliphatic rings. The zero-order chi connectivity index (χ0) is 15.9. The number of pyridine rings is 1. The molecule has 0 aliphatic carbocycles. The molecule has 6 heteroatoms. The summed E-state index contributed by atoms with van der Waals surface area (Å²) < 4.78 is 10.4. The lowest BCUT2D eigenvalue weighted by Gasteiger charge is -2.14. The van der Waals surface area contributed by atoms with Gasteiger partial charge in [-0.15, -0.1) is 0 Å². The molecule has 6 nitrogen and oxygen atoms in total. The number of ether oxygens (including phenoxy) is 2. The van der Waals surface area contributed by atoms with Gasteiger partial charge in [0.15, 0.2) is 11.5 Å². The van der Waals surface area contributed by atoms with E-state index >= 15 is 0 Å². The fourth-order valence-electron chi connectivity index (χ4n) is 2.03. The van der Waals surface area contributed by atoms with Crippen LogP contribution >= 0.6 is 0 Å². The van der Waals surface area contributed by atoms with E-state index in [4.69, 9.17) is 9.47 Å². The molecular formula is C16H18N2O4. The largest absolute Gasteiger partial charge is 0.493 e. The predicted octanol–water partition coefficient (Wildman–Crippen LogP) is 1.56. The maximum absolute atomic E-state index is 12.3. The first-order chi connectivity index (χ1) is 10.7. The zero-order valence-corrected chi connectivity index (χ0v) is 12.4. The summed E-state index contributed by atoms with van der Waals surface area (Å²) in [7, 11) is 2.97. The number of aliphatic hydroxyl groups is 1. The molecule has 0 saturated heterocycles. The number of carbonyl (C=O) groups is 1. The Morgan fingerprint density at radius 2 is 2.05 bits per heavy atom. The normalized spacial score (nSPS) is 11.6. The number of aliphatic hydroxyl groups excluding tert-OH is 1. The third-order valence-electron chi connectivity index (χ3n) is 3.13. The van der Waals surface area contributed by atoms with Crippen molar-refractivity contribution in [2.75, 3.05) is 20.8 Å². The van der Waals surface area contributed by atoms with Crippen molar-refractivity contribution < 1.29 is 19.4 Å². The van der Waals surface area contributed by atoms with E-state index in [9.17, 15) is 9.90 Å². The molecule has 2 aromatic rings. The Labute approximate surface area is 128 Å². The third kappa shape index (κ3) is 3.53. The fourth-order valence-corrected chi connectivity index (χ4v) is 2.03. The number of amides is 1. The first-order valence-electron chi connectivity index (χ1n) is 6.75. The van der Waals surface area contributed by atoms with E-state index in [-0.39, 0.29) is 12.5 Å². The summed E-state index contributed by atoms with van der Waals surface area (Å²) in [4.78, 5) is 16.3. The monoisotopic (exact) mass is 302 g/mol. The van der Waals surface area contributed by atoms with Crippen LogP contribution in [0.4, 0.5) is 0 Å². The van der Waals surface area contributed by atoms with Gasteiger partial charge in [-0.25, -0.2) is 0 Å². The average Bonchev–Trinajstić information content (AvgIpc) is 2.59. The van der Waals surface area contributed by atoms with E-state index < -0.39 is 6.10 Å². The smallest absolute Gasteiger partial charge is 0.255 e. The van der Waals surface area contributed by atoms with E-state index in [0.717, 1.165) is 0 Å². The minimum atomic E-state index is -0.873. The van der Waals surface area contributed by atoms with Crippen molar-refractivity contribution in [2.45, 2.75) is 6.10 Å². The molecule has 0 fully saturated rings. The van der Waals surface area contributed by atoms with Crippen molar-refractivity contribution >= 4 is 5.91 Å². The molecule has 1 aromatic carbocycles. The Kier molecular flexibility index (Phi) is 5.32. The van der Waals surface area contributed by atoms with Crippen LogP contribution in [0.3, 0.4) is 0 Å². The number of nitrogens with zero attached hydrogens (tertiary/aromatic N) is 1. The van der Waals surface area contributed by atoms with Gasteiger partial charge in [0.05, 0.1) is 25.5 Å². The molecule has 116 valence electrons. The van der Waals surface area contributed by atoms with Gasteiger partial charge in [0, 0.05) is 12.7 Å². The SMILES string of the molecule is COc1cccc(C(=O)NCC(O)c2ccccn2)c1OC. The van der Waals surface area contributed by atoms with Gasteiger partial charge in [-0.3, -0.25) is 9.78 Å². The average molecular weight is 302 g/mol. The second-order valence-electron chi connectivity index (χ2n) is 4.52. The highest BCUT2D eigenvalue weighted by atomic mass is 16.5. The van der Waals surface area contributed by atoms with E-state index in [1.165, 1.54) is 14.2 Å². The quantitative estimate of drug-likeness (QED) is 0.846. The number of para-hydroxylation sites is 1. The van der Waals surface area contributed by atoms with E-state index in [0.29, 0.717) is 22.8 Å². The van der Waals surface area contributed by atoms with Gasteiger partial charge in [-0.2, -0.15) is 0 Å². The molecular weight excluding hydrogens is 284 g/mol. The Morgan fingerprint density at radius 1 is 1.23 bits per heavy atom. The molecule has 22 heavy (non-hydrogen) atoms.